The summed E-state index contributed by atoms with van der Waals surface area (Å²) in [5.41, 5.74) is 11.9. The summed E-state index contributed by atoms with van der Waals surface area (Å²) in [7, 11) is 0. The van der Waals surface area contributed by atoms with Crippen LogP contribution < -0.4 is 5.32 Å². The molecule has 1 N–H and O–H groups in total. The SMILES string of the molecule is c1ccc(C2=NC(c3ccc4c(c3)oc3cc(-c5ccc6oc7c(-n8c9ccccc9c9ccccc98)cccc7c6c5)ccc34)NC(c3ccccc3)=N2)cc1. The first-order valence-corrected chi connectivity index (χ1v) is 19.2. The number of benzene rings is 8. The smallest absolute Gasteiger partial charge is 0.159 e. The lowest BCUT2D eigenvalue weighted by atomic mass is 10.0. The Hall–Kier alpha value is -7.70. The molecule has 6 heteroatoms. The molecule has 0 bridgehead atoms. The number of fused-ring (bicyclic) bond motifs is 9. The first kappa shape index (κ1) is 31.6. The van der Waals surface area contributed by atoms with Gasteiger partial charge in [-0.3, -0.25) is 0 Å². The molecule has 0 saturated heterocycles. The lowest BCUT2D eigenvalue weighted by molar-refractivity contribution is 0.655. The first-order valence-electron chi connectivity index (χ1n) is 19.2. The summed E-state index contributed by atoms with van der Waals surface area (Å²) in [5, 5.41) is 10.3. The van der Waals surface area contributed by atoms with E-state index in [1.807, 2.05) is 48.5 Å². The predicted octanol–water partition coefficient (Wildman–Crippen LogP) is 12.7. The Morgan fingerprint density at radius 2 is 1.07 bits per heavy atom. The lowest BCUT2D eigenvalue weighted by Gasteiger charge is -2.23. The van der Waals surface area contributed by atoms with E-state index in [2.05, 4.69) is 143 Å². The Bertz CT molecular complexity index is 3390. The van der Waals surface area contributed by atoms with Crippen molar-refractivity contribution in [1.82, 2.24) is 9.88 Å². The van der Waals surface area contributed by atoms with E-state index in [0.717, 1.165) is 94.3 Å². The quantitative estimate of drug-likeness (QED) is 0.192. The minimum Gasteiger partial charge on any atom is -0.456 e. The lowest BCUT2D eigenvalue weighted by Crippen LogP contribution is -2.33. The van der Waals surface area contributed by atoms with Crippen LogP contribution in [0.3, 0.4) is 0 Å². The maximum absolute atomic E-state index is 6.67. The van der Waals surface area contributed by atoms with Crippen molar-refractivity contribution in [2.45, 2.75) is 6.17 Å². The van der Waals surface area contributed by atoms with Crippen LogP contribution in [0.1, 0.15) is 22.9 Å². The van der Waals surface area contributed by atoms with Gasteiger partial charge >= 0.3 is 0 Å². The molecule has 0 saturated carbocycles. The van der Waals surface area contributed by atoms with Gasteiger partial charge in [-0.25, -0.2) is 9.98 Å². The molecule has 0 aliphatic carbocycles. The van der Waals surface area contributed by atoms with Crippen molar-refractivity contribution in [2.24, 2.45) is 9.98 Å². The van der Waals surface area contributed by atoms with E-state index in [9.17, 15) is 0 Å². The van der Waals surface area contributed by atoms with Crippen LogP contribution in [-0.2, 0) is 0 Å². The third-order valence-corrected chi connectivity index (χ3v) is 11.3. The van der Waals surface area contributed by atoms with Crippen LogP contribution in [0.25, 0.3) is 82.5 Å². The van der Waals surface area contributed by atoms with E-state index in [0.29, 0.717) is 5.84 Å². The van der Waals surface area contributed by atoms with Gasteiger partial charge in [-0.05, 0) is 59.7 Å². The summed E-state index contributed by atoms with van der Waals surface area (Å²) in [6.07, 6.45) is -0.340. The maximum Gasteiger partial charge on any atom is 0.159 e. The number of para-hydroxylation sites is 3. The van der Waals surface area contributed by atoms with Gasteiger partial charge in [0.05, 0.1) is 16.7 Å². The molecule has 0 fully saturated rings. The summed E-state index contributed by atoms with van der Waals surface area (Å²) in [4.78, 5) is 10.00. The average molecular weight is 733 g/mol. The third kappa shape index (κ3) is 5.04. The molecule has 4 heterocycles. The summed E-state index contributed by atoms with van der Waals surface area (Å²) < 4.78 is 15.6. The summed E-state index contributed by atoms with van der Waals surface area (Å²) in [6.45, 7) is 0. The highest BCUT2D eigenvalue weighted by atomic mass is 16.3. The largest absolute Gasteiger partial charge is 0.456 e. The summed E-state index contributed by atoms with van der Waals surface area (Å²) >= 11 is 0. The zero-order valence-electron chi connectivity index (χ0n) is 30.6. The minimum absolute atomic E-state index is 0.340. The Balaban J connectivity index is 0.925. The molecule has 6 nitrogen and oxygen atoms in total. The Morgan fingerprint density at radius 3 is 1.84 bits per heavy atom. The Morgan fingerprint density at radius 1 is 0.439 bits per heavy atom. The number of nitrogens with one attached hydrogen (secondary N) is 1. The molecule has 0 spiro atoms. The van der Waals surface area contributed by atoms with Gasteiger partial charge in [-0.2, -0.15) is 0 Å². The van der Waals surface area contributed by atoms with Gasteiger partial charge in [0.2, 0.25) is 0 Å². The van der Waals surface area contributed by atoms with Crippen LogP contribution in [0.15, 0.2) is 201 Å². The number of aromatic nitrogens is 1. The van der Waals surface area contributed by atoms with Crippen LogP contribution in [0.4, 0.5) is 0 Å². The molecule has 12 rings (SSSR count). The number of aliphatic imine (C=N–C) groups is 2. The fourth-order valence-corrected chi connectivity index (χ4v) is 8.54. The van der Waals surface area contributed by atoms with Gasteiger partial charge in [0.15, 0.2) is 11.4 Å². The highest BCUT2D eigenvalue weighted by Crippen LogP contribution is 2.40. The topological polar surface area (TPSA) is 68.0 Å². The van der Waals surface area contributed by atoms with E-state index in [4.69, 9.17) is 18.8 Å². The monoisotopic (exact) mass is 732 g/mol. The molecule has 1 aliphatic heterocycles. The molecular weight excluding hydrogens is 701 g/mol. The second kappa shape index (κ2) is 12.4. The highest BCUT2D eigenvalue weighted by Gasteiger charge is 2.23. The standard InChI is InChI=1S/C51H32N4O2/c1-3-12-31(13-4-1)49-52-50(32-14-5-2-6-15-32)54-51(53-49)35-23-26-39-38-25-22-34(29-46(38)56-47(39)30-35)33-24-27-45-41(28-33)40-18-11-21-44(48(40)57-45)55-42-19-9-7-16-36(42)37-17-8-10-20-43(37)55/h1-30,51H,(H,52,53,54). The van der Waals surface area contributed by atoms with E-state index >= 15 is 0 Å². The molecule has 8 aromatic carbocycles. The second-order valence-electron chi connectivity index (χ2n) is 14.6. The molecule has 57 heavy (non-hydrogen) atoms. The van der Waals surface area contributed by atoms with E-state index in [-0.39, 0.29) is 6.17 Å². The van der Waals surface area contributed by atoms with Crippen molar-refractivity contribution >= 4 is 77.4 Å². The number of amidine groups is 2. The van der Waals surface area contributed by atoms with Crippen LogP contribution in [-0.4, -0.2) is 16.2 Å². The molecule has 0 amide bonds. The number of furan rings is 2. The maximum atomic E-state index is 6.67. The fourth-order valence-electron chi connectivity index (χ4n) is 8.54. The van der Waals surface area contributed by atoms with Crippen molar-refractivity contribution < 1.29 is 8.83 Å². The Kier molecular flexibility index (Phi) is 6.89. The highest BCUT2D eigenvalue weighted by molar-refractivity contribution is 6.15. The molecule has 11 aromatic rings. The van der Waals surface area contributed by atoms with Gasteiger partial charge in [0, 0.05) is 49.0 Å². The molecule has 0 radical (unpaired) electrons. The zero-order chi connectivity index (χ0) is 37.5. The van der Waals surface area contributed by atoms with Gasteiger partial charge in [0.25, 0.3) is 0 Å². The van der Waals surface area contributed by atoms with Gasteiger partial charge in [-0.1, -0.05) is 133 Å². The average Bonchev–Trinajstić information content (AvgIpc) is 3.95. The van der Waals surface area contributed by atoms with Gasteiger partial charge in [0.1, 0.15) is 28.8 Å². The van der Waals surface area contributed by atoms with Crippen molar-refractivity contribution in [3.8, 4) is 16.8 Å². The van der Waals surface area contributed by atoms with Crippen molar-refractivity contribution in [1.29, 1.82) is 0 Å². The minimum atomic E-state index is -0.340. The van der Waals surface area contributed by atoms with Crippen LogP contribution in [0.2, 0.25) is 0 Å². The zero-order valence-corrected chi connectivity index (χ0v) is 30.6. The van der Waals surface area contributed by atoms with E-state index in [1.165, 1.54) is 10.8 Å². The Labute approximate surface area is 326 Å². The van der Waals surface area contributed by atoms with Crippen molar-refractivity contribution in [3.63, 3.8) is 0 Å². The normalized spacial score (nSPS) is 14.5. The molecule has 1 aliphatic rings. The number of rotatable bonds is 5. The van der Waals surface area contributed by atoms with Gasteiger partial charge in [-0.15, -0.1) is 0 Å². The first-order chi connectivity index (χ1) is 28.2. The predicted molar refractivity (Wildman–Crippen MR) is 233 cm³/mol. The number of hydrogen-bond donors (Lipinski definition) is 1. The van der Waals surface area contributed by atoms with Crippen LogP contribution in [0.5, 0.6) is 0 Å². The second-order valence-corrected chi connectivity index (χ2v) is 14.6. The van der Waals surface area contributed by atoms with Crippen LogP contribution >= 0.6 is 0 Å². The molecule has 3 aromatic heterocycles. The molecular formula is C51H32N4O2. The van der Waals surface area contributed by atoms with Crippen LogP contribution in [0, 0.1) is 0 Å². The van der Waals surface area contributed by atoms with Gasteiger partial charge < -0.3 is 18.7 Å². The molecule has 268 valence electrons. The van der Waals surface area contributed by atoms with E-state index < -0.39 is 0 Å². The van der Waals surface area contributed by atoms with Crippen molar-refractivity contribution in [3.05, 3.63) is 199 Å². The van der Waals surface area contributed by atoms with Crippen molar-refractivity contribution in [2.75, 3.05) is 0 Å². The van der Waals surface area contributed by atoms with E-state index in [1.54, 1.807) is 0 Å². The summed E-state index contributed by atoms with van der Waals surface area (Å²) in [5.74, 6) is 1.48. The number of nitrogens with zero attached hydrogens (tertiary/aromatic N) is 3. The molecule has 1 atom stereocenters. The fraction of sp³-hybridized carbons (Fsp3) is 0.0196. The summed E-state index contributed by atoms with van der Waals surface area (Å²) in [6, 6.07) is 63.2. The molecule has 1 unspecified atom stereocenters. The third-order valence-electron chi connectivity index (χ3n) is 11.3. The number of hydrogen-bond acceptors (Lipinski definition) is 5.